The average molecular weight is 430 g/mol. The molecule has 0 unspecified atom stereocenters. The van der Waals surface area contributed by atoms with Crippen molar-refractivity contribution in [2.45, 2.75) is 79.2 Å². The Labute approximate surface area is 189 Å². The summed E-state index contributed by atoms with van der Waals surface area (Å²) in [6.07, 6.45) is 7.33. The van der Waals surface area contributed by atoms with Crippen LogP contribution in [0.5, 0.6) is 0 Å². The first-order chi connectivity index (χ1) is 15.0. The Bertz CT molecular complexity index is 685. The summed E-state index contributed by atoms with van der Waals surface area (Å²) >= 11 is 0. The lowest BCUT2D eigenvalue weighted by atomic mass is 10.1. The highest BCUT2D eigenvalue weighted by Crippen LogP contribution is 2.25. The number of carbonyl (C=O) groups is 2. The van der Waals surface area contributed by atoms with Gasteiger partial charge in [-0.05, 0) is 43.5 Å². The molecule has 0 spiro atoms. The molecule has 0 saturated carbocycles. The van der Waals surface area contributed by atoms with Crippen LogP contribution in [0, 0.1) is 5.92 Å². The quantitative estimate of drug-likeness (QED) is 0.633. The third kappa shape index (κ3) is 8.29. The molecular formula is C26H43N3O2. The van der Waals surface area contributed by atoms with E-state index in [0.29, 0.717) is 25.4 Å². The van der Waals surface area contributed by atoms with Gasteiger partial charge >= 0.3 is 0 Å². The van der Waals surface area contributed by atoms with Crippen molar-refractivity contribution in [2.75, 3.05) is 37.6 Å². The molecule has 1 aromatic rings. The first-order valence-electron chi connectivity index (χ1n) is 12.3. The maximum absolute atomic E-state index is 13.2. The van der Waals surface area contributed by atoms with Crippen molar-refractivity contribution in [1.29, 1.82) is 0 Å². The molecule has 0 aliphatic carbocycles. The van der Waals surface area contributed by atoms with Crippen LogP contribution in [0.25, 0.3) is 0 Å². The summed E-state index contributed by atoms with van der Waals surface area (Å²) in [6, 6.07) is 8.17. The molecule has 0 N–H and O–H groups in total. The molecule has 1 heterocycles. The molecule has 0 radical (unpaired) electrons. The van der Waals surface area contributed by atoms with Crippen molar-refractivity contribution in [2.24, 2.45) is 5.92 Å². The van der Waals surface area contributed by atoms with Crippen LogP contribution in [0.1, 0.15) is 78.2 Å². The zero-order valence-electron chi connectivity index (χ0n) is 20.2. The number of benzene rings is 1. The number of nitrogens with zero attached hydrogens (tertiary/aromatic N) is 3. The van der Waals surface area contributed by atoms with E-state index in [-0.39, 0.29) is 11.8 Å². The van der Waals surface area contributed by atoms with Gasteiger partial charge in [0.05, 0.1) is 6.54 Å². The highest BCUT2D eigenvalue weighted by Gasteiger charge is 2.22. The van der Waals surface area contributed by atoms with E-state index in [1.807, 2.05) is 21.9 Å². The Balaban J connectivity index is 2.32. The smallest absolute Gasteiger partial charge is 0.237 e. The summed E-state index contributed by atoms with van der Waals surface area (Å²) in [7, 11) is 0. The van der Waals surface area contributed by atoms with Crippen LogP contribution in [0.15, 0.2) is 24.3 Å². The maximum Gasteiger partial charge on any atom is 0.237 e. The van der Waals surface area contributed by atoms with Crippen molar-refractivity contribution in [3.63, 3.8) is 0 Å². The lowest BCUT2D eigenvalue weighted by Gasteiger charge is -2.30. The van der Waals surface area contributed by atoms with Crippen LogP contribution in [-0.2, 0) is 16.1 Å². The summed E-state index contributed by atoms with van der Waals surface area (Å²) in [5.74, 6) is 0.711. The van der Waals surface area contributed by atoms with Gasteiger partial charge in [-0.3, -0.25) is 14.5 Å². The molecule has 5 heteroatoms. The highest BCUT2D eigenvalue weighted by atomic mass is 16.2. The third-order valence-electron chi connectivity index (χ3n) is 6.19. The Morgan fingerprint density at radius 3 is 2.16 bits per heavy atom. The largest absolute Gasteiger partial charge is 0.337 e. The van der Waals surface area contributed by atoms with E-state index in [9.17, 15) is 9.59 Å². The monoisotopic (exact) mass is 429 g/mol. The van der Waals surface area contributed by atoms with Gasteiger partial charge < -0.3 is 9.80 Å². The predicted octanol–water partition coefficient (Wildman–Crippen LogP) is 5.09. The first kappa shape index (κ1) is 25.4. The Hall–Kier alpha value is -1.88. The zero-order valence-corrected chi connectivity index (χ0v) is 20.2. The molecule has 0 atom stereocenters. The molecule has 0 saturated heterocycles. The maximum atomic E-state index is 13.2. The van der Waals surface area contributed by atoms with Gasteiger partial charge in [0.25, 0.3) is 0 Å². The summed E-state index contributed by atoms with van der Waals surface area (Å²) in [6.45, 7) is 12.7. The summed E-state index contributed by atoms with van der Waals surface area (Å²) in [4.78, 5) is 32.5. The van der Waals surface area contributed by atoms with E-state index >= 15 is 0 Å². The second-order valence-electron chi connectivity index (χ2n) is 9.17. The predicted molar refractivity (Wildman–Crippen MR) is 129 cm³/mol. The minimum atomic E-state index is 0.188. The van der Waals surface area contributed by atoms with Gasteiger partial charge in [0.1, 0.15) is 0 Å². The number of hydrogen-bond donors (Lipinski definition) is 0. The molecule has 2 amide bonds. The van der Waals surface area contributed by atoms with Crippen LogP contribution in [0.3, 0.4) is 0 Å². The van der Waals surface area contributed by atoms with Gasteiger partial charge in [0, 0.05) is 31.7 Å². The number of anilines is 1. The fourth-order valence-electron chi connectivity index (χ4n) is 4.26. The van der Waals surface area contributed by atoms with E-state index in [0.717, 1.165) is 63.1 Å². The van der Waals surface area contributed by atoms with Gasteiger partial charge in [-0.2, -0.15) is 0 Å². The molecule has 174 valence electrons. The minimum Gasteiger partial charge on any atom is -0.337 e. The number of para-hydroxylation sites is 1. The molecule has 5 nitrogen and oxygen atoms in total. The lowest BCUT2D eigenvalue weighted by molar-refractivity contribution is -0.133. The lowest BCUT2D eigenvalue weighted by Crippen LogP contribution is -2.41. The molecule has 0 aromatic heterocycles. The molecule has 1 aliphatic heterocycles. The Kier molecular flexibility index (Phi) is 11.1. The number of likely N-dealkylation sites (N-methyl/N-ethyl adjacent to an activating group) is 1. The molecule has 1 aliphatic rings. The van der Waals surface area contributed by atoms with Gasteiger partial charge in [-0.15, -0.1) is 0 Å². The fourth-order valence-corrected chi connectivity index (χ4v) is 4.26. The third-order valence-corrected chi connectivity index (χ3v) is 6.19. The van der Waals surface area contributed by atoms with Crippen molar-refractivity contribution in [1.82, 2.24) is 9.80 Å². The molecule has 0 fully saturated rings. The van der Waals surface area contributed by atoms with Crippen LogP contribution in [0.4, 0.5) is 5.69 Å². The normalized spacial score (nSPS) is 16.5. The van der Waals surface area contributed by atoms with Gasteiger partial charge in [0.2, 0.25) is 11.8 Å². The number of carbonyl (C=O) groups excluding carboxylic acids is 2. The fraction of sp³-hybridized carbons (Fsp3) is 0.692. The van der Waals surface area contributed by atoms with Crippen molar-refractivity contribution >= 4 is 17.5 Å². The number of rotatable bonds is 6. The average Bonchev–Trinajstić information content (AvgIpc) is 2.76. The second-order valence-corrected chi connectivity index (χ2v) is 9.17. The van der Waals surface area contributed by atoms with Crippen molar-refractivity contribution in [3.05, 3.63) is 29.8 Å². The molecule has 1 aromatic carbocycles. The van der Waals surface area contributed by atoms with E-state index in [4.69, 9.17) is 0 Å². The van der Waals surface area contributed by atoms with E-state index in [1.54, 1.807) is 0 Å². The van der Waals surface area contributed by atoms with Crippen LogP contribution in [-0.4, -0.2) is 54.3 Å². The van der Waals surface area contributed by atoms with Gasteiger partial charge in [0.15, 0.2) is 0 Å². The summed E-state index contributed by atoms with van der Waals surface area (Å²) < 4.78 is 0. The second kappa shape index (κ2) is 13.5. The number of amides is 2. The number of hydrogen-bond acceptors (Lipinski definition) is 3. The zero-order chi connectivity index (χ0) is 22.6. The van der Waals surface area contributed by atoms with Crippen molar-refractivity contribution < 1.29 is 9.59 Å². The van der Waals surface area contributed by atoms with Gasteiger partial charge in [-0.25, -0.2) is 0 Å². The SMILES string of the molecule is CCN(CC)CC(=O)N1CCCCCCCCN(C(=O)CC(C)C)c2ccccc2C1. The standard InChI is InChI=1S/C26H43N3O2/c1-5-27(6-2)21-26(31)28-17-13-9-7-8-10-14-18-29(25(30)19-22(3)4)24-16-12-11-15-23(24)20-28/h11-12,15-16,22H,5-10,13-14,17-21H2,1-4H3. The molecule has 0 bridgehead atoms. The van der Waals surface area contributed by atoms with E-state index in [2.05, 4.69) is 44.7 Å². The van der Waals surface area contributed by atoms with Crippen LogP contribution in [0.2, 0.25) is 0 Å². The minimum absolute atomic E-state index is 0.188. The summed E-state index contributed by atoms with van der Waals surface area (Å²) in [5, 5.41) is 0. The molecular weight excluding hydrogens is 386 g/mol. The van der Waals surface area contributed by atoms with Crippen LogP contribution >= 0.6 is 0 Å². The topological polar surface area (TPSA) is 43.9 Å². The summed E-state index contributed by atoms with van der Waals surface area (Å²) in [5.41, 5.74) is 2.06. The van der Waals surface area contributed by atoms with E-state index in [1.165, 1.54) is 12.8 Å². The Morgan fingerprint density at radius 2 is 1.52 bits per heavy atom. The molecule has 2 rings (SSSR count). The van der Waals surface area contributed by atoms with E-state index < -0.39 is 0 Å². The number of fused-ring (bicyclic) bond motifs is 1. The highest BCUT2D eigenvalue weighted by molar-refractivity contribution is 5.94. The van der Waals surface area contributed by atoms with Crippen LogP contribution < -0.4 is 4.90 Å². The first-order valence-corrected chi connectivity index (χ1v) is 12.3. The van der Waals surface area contributed by atoms with Gasteiger partial charge in [-0.1, -0.05) is 71.6 Å². The Morgan fingerprint density at radius 1 is 0.903 bits per heavy atom. The molecule has 31 heavy (non-hydrogen) atoms. The van der Waals surface area contributed by atoms with Crippen molar-refractivity contribution in [3.8, 4) is 0 Å².